The van der Waals surface area contributed by atoms with E-state index in [1.165, 1.54) is 4.90 Å². The Hall–Kier alpha value is -3.39. The molecule has 1 aliphatic rings. The molecule has 0 unspecified atom stereocenters. The topological polar surface area (TPSA) is 102 Å². The van der Waals surface area contributed by atoms with Gasteiger partial charge in [-0.25, -0.2) is 4.79 Å². The highest BCUT2D eigenvalue weighted by Crippen LogP contribution is 2.26. The van der Waals surface area contributed by atoms with Gasteiger partial charge in [-0.05, 0) is 55.3 Å². The second-order valence-electron chi connectivity index (χ2n) is 8.42. The van der Waals surface area contributed by atoms with Crippen molar-refractivity contribution >= 4 is 46.7 Å². The first kappa shape index (κ1) is 26.2. The predicted molar refractivity (Wildman–Crippen MR) is 132 cm³/mol. The minimum atomic E-state index is -0.688. The number of rotatable bonds is 10. The van der Waals surface area contributed by atoms with E-state index in [-0.39, 0.29) is 18.9 Å². The quantitative estimate of drug-likeness (QED) is 0.380. The van der Waals surface area contributed by atoms with Gasteiger partial charge in [-0.15, -0.1) is 0 Å². The van der Waals surface area contributed by atoms with E-state index < -0.39 is 30.4 Å². The van der Waals surface area contributed by atoms with Crippen molar-refractivity contribution in [3.8, 4) is 0 Å². The molecule has 3 rings (SSSR count). The molecule has 8 nitrogen and oxygen atoms in total. The van der Waals surface area contributed by atoms with Crippen LogP contribution in [0.2, 0.25) is 5.02 Å². The predicted octanol–water partition coefficient (Wildman–Crippen LogP) is 4.53. The lowest BCUT2D eigenvalue weighted by Crippen LogP contribution is -2.28. The second-order valence-corrected chi connectivity index (χ2v) is 8.82. The Bertz CT molecular complexity index is 1090. The number of amides is 2. The Balaban J connectivity index is 1.48. The highest BCUT2D eigenvalue weighted by molar-refractivity contribution is 6.31. The van der Waals surface area contributed by atoms with Crippen LogP contribution in [0.25, 0.3) is 0 Å². The standard InChI is InChI=1S/C26H29ClN2O6/c1-3-4-5-12-34-25(32)18-7-10-21(11-8-18)29-15-19(13-24(29)31)26(33)35-16-23(30)28-20-9-6-17(2)22(27)14-20/h6-11,14,19H,3-5,12-13,15-16H2,1-2H3,(H,28,30)/t19-/m1/s1. The third kappa shape index (κ3) is 7.29. The SMILES string of the molecule is CCCCCOC(=O)c1ccc(N2C[C@H](C(=O)OCC(=O)Nc3ccc(C)c(Cl)c3)CC2=O)cc1. The molecule has 1 saturated heterocycles. The maximum atomic E-state index is 12.5. The van der Waals surface area contributed by atoms with E-state index in [1.54, 1.807) is 42.5 Å². The first-order valence-electron chi connectivity index (χ1n) is 11.6. The Morgan fingerprint density at radius 2 is 1.83 bits per heavy atom. The minimum Gasteiger partial charge on any atom is -0.462 e. The van der Waals surface area contributed by atoms with Crippen LogP contribution in [0.1, 0.15) is 48.5 Å². The number of nitrogens with one attached hydrogen (secondary N) is 1. The van der Waals surface area contributed by atoms with E-state index in [9.17, 15) is 19.2 Å². The van der Waals surface area contributed by atoms with Crippen molar-refractivity contribution in [1.29, 1.82) is 0 Å². The highest BCUT2D eigenvalue weighted by atomic mass is 35.5. The summed E-state index contributed by atoms with van der Waals surface area (Å²) < 4.78 is 10.4. The number of carbonyl (C=O) groups is 4. The maximum absolute atomic E-state index is 12.5. The van der Waals surface area contributed by atoms with Crippen molar-refractivity contribution in [3.05, 3.63) is 58.6 Å². The van der Waals surface area contributed by atoms with E-state index in [0.29, 0.717) is 28.6 Å². The van der Waals surface area contributed by atoms with Crippen molar-refractivity contribution in [1.82, 2.24) is 0 Å². The fourth-order valence-corrected chi connectivity index (χ4v) is 3.80. The monoisotopic (exact) mass is 500 g/mol. The lowest BCUT2D eigenvalue weighted by atomic mass is 10.1. The average Bonchev–Trinajstić information content (AvgIpc) is 3.24. The van der Waals surface area contributed by atoms with E-state index in [2.05, 4.69) is 12.2 Å². The molecule has 35 heavy (non-hydrogen) atoms. The third-order valence-corrected chi connectivity index (χ3v) is 6.06. The third-order valence-electron chi connectivity index (χ3n) is 5.66. The number of carbonyl (C=O) groups excluding carboxylic acids is 4. The van der Waals surface area contributed by atoms with E-state index in [1.807, 2.05) is 6.92 Å². The van der Waals surface area contributed by atoms with Gasteiger partial charge in [0.2, 0.25) is 5.91 Å². The summed E-state index contributed by atoms with van der Waals surface area (Å²) >= 11 is 6.05. The Morgan fingerprint density at radius 1 is 1.09 bits per heavy atom. The summed E-state index contributed by atoms with van der Waals surface area (Å²) in [6.45, 7) is 3.96. The number of benzene rings is 2. The fourth-order valence-electron chi connectivity index (χ4n) is 3.61. The van der Waals surface area contributed by atoms with Crippen LogP contribution >= 0.6 is 11.6 Å². The van der Waals surface area contributed by atoms with Gasteiger partial charge < -0.3 is 19.7 Å². The molecule has 186 valence electrons. The van der Waals surface area contributed by atoms with E-state index in [4.69, 9.17) is 21.1 Å². The summed E-state index contributed by atoms with van der Waals surface area (Å²) in [5.74, 6) is -2.46. The van der Waals surface area contributed by atoms with E-state index >= 15 is 0 Å². The van der Waals surface area contributed by atoms with Crippen LogP contribution in [0.15, 0.2) is 42.5 Å². The summed E-state index contributed by atoms with van der Waals surface area (Å²) in [5.41, 5.74) is 2.34. The zero-order chi connectivity index (χ0) is 25.4. The van der Waals surface area contributed by atoms with Crippen molar-refractivity contribution in [2.24, 2.45) is 5.92 Å². The lowest BCUT2D eigenvalue weighted by molar-refractivity contribution is -0.151. The summed E-state index contributed by atoms with van der Waals surface area (Å²) in [6, 6.07) is 11.6. The molecule has 2 aromatic carbocycles. The van der Waals surface area contributed by atoms with Gasteiger partial charge in [0.15, 0.2) is 6.61 Å². The number of aryl methyl sites for hydroxylation is 1. The van der Waals surface area contributed by atoms with Crippen LogP contribution in [0, 0.1) is 12.8 Å². The van der Waals surface area contributed by atoms with E-state index in [0.717, 1.165) is 24.8 Å². The molecule has 2 amide bonds. The summed E-state index contributed by atoms with van der Waals surface area (Å²) in [7, 11) is 0. The molecule has 0 spiro atoms. The summed E-state index contributed by atoms with van der Waals surface area (Å²) in [6.07, 6.45) is 2.84. The molecule has 1 heterocycles. The number of esters is 2. The van der Waals surface area contributed by atoms with Crippen LogP contribution in [0.4, 0.5) is 11.4 Å². The molecule has 0 aromatic heterocycles. The Kier molecular flexibility index (Phi) is 9.25. The first-order chi connectivity index (χ1) is 16.8. The zero-order valence-corrected chi connectivity index (χ0v) is 20.6. The van der Waals surface area contributed by atoms with Gasteiger partial charge in [-0.1, -0.05) is 37.4 Å². The maximum Gasteiger partial charge on any atom is 0.338 e. The summed E-state index contributed by atoms with van der Waals surface area (Å²) in [4.78, 5) is 50.6. The van der Waals surface area contributed by atoms with Gasteiger partial charge in [0, 0.05) is 29.4 Å². The molecule has 1 N–H and O–H groups in total. The van der Waals surface area contributed by atoms with Crippen LogP contribution in [0.5, 0.6) is 0 Å². The van der Waals surface area contributed by atoms with Gasteiger partial charge in [0.1, 0.15) is 0 Å². The fraction of sp³-hybridized carbons (Fsp3) is 0.385. The normalized spacial score (nSPS) is 15.1. The van der Waals surface area contributed by atoms with Crippen molar-refractivity contribution in [2.75, 3.05) is 30.0 Å². The smallest absolute Gasteiger partial charge is 0.338 e. The number of unbranched alkanes of at least 4 members (excludes halogenated alkanes) is 2. The Labute approximate surface area is 209 Å². The molecule has 1 fully saturated rings. The largest absolute Gasteiger partial charge is 0.462 e. The minimum absolute atomic E-state index is 0.0186. The van der Waals surface area contributed by atoms with Crippen molar-refractivity contribution < 1.29 is 28.7 Å². The molecule has 9 heteroatoms. The van der Waals surface area contributed by atoms with Crippen LogP contribution < -0.4 is 10.2 Å². The number of halogens is 1. The molecule has 0 aliphatic carbocycles. The molecule has 1 aliphatic heterocycles. The molecular formula is C26H29ClN2O6. The molecule has 2 aromatic rings. The number of ether oxygens (including phenoxy) is 2. The van der Waals surface area contributed by atoms with Crippen molar-refractivity contribution in [2.45, 2.75) is 39.5 Å². The molecule has 0 saturated carbocycles. The van der Waals surface area contributed by atoms with Crippen LogP contribution in [0.3, 0.4) is 0 Å². The lowest BCUT2D eigenvalue weighted by Gasteiger charge is -2.17. The van der Waals surface area contributed by atoms with Gasteiger partial charge in [-0.3, -0.25) is 14.4 Å². The number of hydrogen-bond donors (Lipinski definition) is 1. The van der Waals surface area contributed by atoms with Gasteiger partial charge >= 0.3 is 11.9 Å². The molecular weight excluding hydrogens is 472 g/mol. The zero-order valence-electron chi connectivity index (χ0n) is 19.8. The number of anilines is 2. The van der Waals surface area contributed by atoms with Gasteiger partial charge in [0.25, 0.3) is 5.91 Å². The number of nitrogens with zero attached hydrogens (tertiary/aromatic N) is 1. The molecule has 1 atom stereocenters. The Morgan fingerprint density at radius 3 is 2.51 bits per heavy atom. The van der Waals surface area contributed by atoms with Crippen molar-refractivity contribution in [3.63, 3.8) is 0 Å². The average molecular weight is 501 g/mol. The van der Waals surface area contributed by atoms with Crippen LogP contribution in [-0.2, 0) is 23.9 Å². The van der Waals surface area contributed by atoms with Crippen LogP contribution in [-0.4, -0.2) is 43.5 Å². The molecule has 0 bridgehead atoms. The number of hydrogen-bond acceptors (Lipinski definition) is 6. The summed E-state index contributed by atoms with van der Waals surface area (Å²) in [5, 5.41) is 3.13. The van der Waals surface area contributed by atoms with Gasteiger partial charge in [0.05, 0.1) is 18.1 Å². The highest BCUT2D eigenvalue weighted by Gasteiger charge is 2.36. The first-order valence-corrected chi connectivity index (χ1v) is 12.0. The molecule has 0 radical (unpaired) electrons. The second kappa shape index (κ2) is 12.4. The van der Waals surface area contributed by atoms with Gasteiger partial charge in [-0.2, -0.15) is 0 Å².